The highest BCUT2D eigenvalue weighted by molar-refractivity contribution is 9.09. The Morgan fingerprint density at radius 1 is 1.41 bits per heavy atom. The van der Waals surface area contributed by atoms with E-state index in [1.165, 1.54) is 6.33 Å². The van der Waals surface area contributed by atoms with Crippen LogP contribution in [-0.4, -0.2) is 27.9 Å². The summed E-state index contributed by atoms with van der Waals surface area (Å²) >= 11 is 3.39. The fraction of sp³-hybridized carbons (Fsp3) is 0.667. The van der Waals surface area contributed by atoms with Crippen molar-refractivity contribution in [2.45, 2.75) is 39.7 Å². The van der Waals surface area contributed by atoms with Crippen molar-refractivity contribution in [1.29, 1.82) is 0 Å². The smallest absolute Gasteiger partial charge is 0.187 e. The van der Waals surface area contributed by atoms with E-state index < -0.39 is 0 Å². The molecular weight excluding hydrogens is 285 g/mol. The Hall–Kier alpha value is -0.710. The molecule has 0 aliphatic carbocycles. The summed E-state index contributed by atoms with van der Waals surface area (Å²) in [4.78, 5) is 10.0. The lowest BCUT2D eigenvalue weighted by Gasteiger charge is -2.28. The highest BCUT2D eigenvalue weighted by Gasteiger charge is 2.18. The molecule has 1 heterocycles. The fourth-order valence-electron chi connectivity index (χ4n) is 1.68. The van der Waals surface area contributed by atoms with Crippen molar-refractivity contribution in [3.05, 3.63) is 17.8 Å². The summed E-state index contributed by atoms with van der Waals surface area (Å²) in [6.45, 7) is 6.77. The molecule has 0 radical (unpaired) electrons. The molecule has 0 N–H and O–H groups in total. The number of aromatic nitrogens is 2. The third kappa shape index (κ3) is 3.63. The van der Waals surface area contributed by atoms with Gasteiger partial charge in [0.1, 0.15) is 6.33 Å². The summed E-state index contributed by atoms with van der Waals surface area (Å²) < 4.78 is 14.1. The number of rotatable bonds is 6. The molecule has 0 saturated heterocycles. The fourth-order valence-corrected chi connectivity index (χ4v) is 1.93. The van der Waals surface area contributed by atoms with Gasteiger partial charge in [-0.1, -0.05) is 22.9 Å². The van der Waals surface area contributed by atoms with Crippen LogP contribution in [0.3, 0.4) is 0 Å². The van der Waals surface area contributed by atoms with Crippen molar-refractivity contribution < 1.29 is 4.39 Å². The number of anilines is 1. The number of hydrogen-bond donors (Lipinski definition) is 0. The number of halogens is 2. The van der Waals surface area contributed by atoms with Crippen LogP contribution in [0.15, 0.2) is 6.33 Å². The van der Waals surface area contributed by atoms with Gasteiger partial charge in [0, 0.05) is 17.9 Å². The largest absolute Gasteiger partial charge is 0.352 e. The second-order valence-corrected chi connectivity index (χ2v) is 4.93. The topological polar surface area (TPSA) is 29.0 Å². The van der Waals surface area contributed by atoms with E-state index in [1.807, 2.05) is 25.7 Å². The first-order valence-corrected chi connectivity index (χ1v) is 7.05. The molecule has 0 aliphatic rings. The summed E-state index contributed by atoms with van der Waals surface area (Å²) in [5.74, 6) is 0.145. The second-order valence-electron chi connectivity index (χ2n) is 4.14. The maximum atomic E-state index is 14.1. The first-order valence-electron chi connectivity index (χ1n) is 5.93. The van der Waals surface area contributed by atoms with E-state index in [4.69, 9.17) is 0 Å². The summed E-state index contributed by atoms with van der Waals surface area (Å²) in [7, 11) is 0. The lowest BCUT2D eigenvalue weighted by atomic mass is 10.2. The highest BCUT2D eigenvalue weighted by atomic mass is 79.9. The van der Waals surface area contributed by atoms with Gasteiger partial charge in [0.25, 0.3) is 0 Å². The number of hydrogen-bond acceptors (Lipinski definition) is 3. The summed E-state index contributed by atoms with van der Waals surface area (Å²) in [6.07, 6.45) is 3.00. The minimum Gasteiger partial charge on any atom is -0.352 e. The van der Waals surface area contributed by atoms with Gasteiger partial charge in [-0.05, 0) is 26.7 Å². The van der Waals surface area contributed by atoms with E-state index in [-0.39, 0.29) is 11.9 Å². The number of aryl methyl sites for hydroxylation is 1. The van der Waals surface area contributed by atoms with Gasteiger partial charge in [-0.25, -0.2) is 14.4 Å². The third-order valence-corrected chi connectivity index (χ3v) is 3.17. The van der Waals surface area contributed by atoms with E-state index >= 15 is 0 Å². The zero-order chi connectivity index (χ0) is 12.8. The van der Waals surface area contributed by atoms with Crippen molar-refractivity contribution >= 4 is 21.7 Å². The minimum atomic E-state index is -0.279. The average molecular weight is 304 g/mol. The van der Waals surface area contributed by atoms with E-state index in [0.29, 0.717) is 17.9 Å². The highest BCUT2D eigenvalue weighted by Crippen LogP contribution is 2.20. The van der Waals surface area contributed by atoms with Gasteiger partial charge in [-0.2, -0.15) is 0 Å². The quantitative estimate of drug-likeness (QED) is 0.756. The van der Waals surface area contributed by atoms with E-state index in [9.17, 15) is 4.39 Å². The summed E-state index contributed by atoms with van der Waals surface area (Å²) in [6, 6.07) is 0.225. The standard InChI is InChI=1S/C12H19BrFN3/c1-4-10-11(14)12(16-8-15-10)17(9(2)3)7-5-6-13/h8-9H,4-7H2,1-3H3. The van der Waals surface area contributed by atoms with Crippen LogP contribution >= 0.6 is 15.9 Å². The van der Waals surface area contributed by atoms with Gasteiger partial charge >= 0.3 is 0 Å². The van der Waals surface area contributed by atoms with E-state index in [1.54, 1.807) is 0 Å². The van der Waals surface area contributed by atoms with E-state index in [2.05, 4.69) is 25.9 Å². The molecular formula is C12H19BrFN3. The predicted molar refractivity (Wildman–Crippen MR) is 72.3 cm³/mol. The van der Waals surface area contributed by atoms with Crippen LogP contribution in [0.4, 0.5) is 10.2 Å². The second kappa shape index (κ2) is 6.89. The van der Waals surface area contributed by atoms with Gasteiger partial charge < -0.3 is 4.90 Å². The molecule has 1 rings (SSSR count). The molecule has 0 unspecified atom stereocenters. The molecule has 96 valence electrons. The first kappa shape index (κ1) is 14.4. The van der Waals surface area contributed by atoms with Crippen LogP contribution in [0.1, 0.15) is 32.9 Å². The lowest BCUT2D eigenvalue weighted by molar-refractivity contribution is 0.567. The van der Waals surface area contributed by atoms with Gasteiger partial charge in [0.2, 0.25) is 0 Å². The molecule has 0 aliphatic heterocycles. The molecule has 3 nitrogen and oxygen atoms in total. The first-order chi connectivity index (χ1) is 8.11. The Bertz CT molecular complexity index is 358. The predicted octanol–water partition coefficient (Wildman–Crippen LogP) is 3.18. The summed E-state index contributed by atoms with van der Waals surface area (Å²) in [5.41, 5.74) is 0.486. The van der Waals surface area contributed by atoms with Crippen molar-refractivity contribution in [2.24, 2.45) is 0 Å². The molecule has 0 bridgehead atoms. The van der Waals surface area contributed by atoms with Crippen LogP contribution in [0.25, 0.3) is 0 Å². The van der Waals surface area contributed by atoms with Crippen molar-refractivity contribution in [2.75, 3.05) is 16.8 Å². The molecule has 0 amide bonds. The van der Waals surface area contributed by atoms with Crippen LogP contribution in [0, 0.1) is 5.82 Å². The normalized spacial score (nSPS) is 10.9. The Morgan fingerprint density at radius 2 is 2.12 bits per heavy atom. The molecule has 0 atom stereocenters. The molecule has 1 aromatic heterocycles. The molecule has 0 fully saturated rings. The molecule has 0 aromatic carbocycles. The lowest BCUT2D eigenvalue weighted by Crippen LogP contribution is -2.33. The van der Waals surface area contributed by atoms with Crippen molar-refractivity contribution in [1.82, 2.24) is 9.97 Å². The molecule has 5 heteroatoms. The SMILES string of the molecule is CCc1ncnc(N(CCCBr)C(C)C)c1F. The summed E-state index contributed by atoms with van der Waals surface area (Å²) in [5, 5.41) is 0.906. The Balaban J connectivity index is 3.01. The molecule has 0 saturated carbocycles. The zero-order valence-electron chi connectivity index (χ0n) is 10.6. The number of alkyl halides is 1. The number of nitrogens with zero attached hydrogens (tertiary/aromatic N) is 3. The van der Waals surface area contributed by atoms with Crippen LogP contribution in [0.5, 0.6) is 0 Å². The Morgan fingerprint density at radius 3 is 2.65 bits per heavy atom. The Kier molecular flexibility index (Phi) is 5.82. The van der Waals surface area contributed by atoms with Gasteiger partial charge in [-0.3, -0.25) is 0 Å². The maximum absolute atomic E-state index is 14.1. The van der Waals surface area contributed by atoms with Gasteiger partial charge in [0.15, 0.2) is 11.6 Å². The minimum absolute atomic E-state index is 0.225. The van der Waals surface area contributed by atoms with Gasteiger partial charge in [-0.15, -0.1) is 0 Å². The molecule has 1 aromatic rings. The monoisotopic (exact) mass is 303 g/mol. The average Bonchev–Trinajstić information content (AvgIpc) is 2.31. The van der Waals surface area contributed by atoms with Crippen LogP contribution in [-0.2, 0) is 6.42 Å². The zero-order valence-corrected chi connectivity index (χ0v) is 12.2. The Labute approximate surface area is 111 Å². The molecule has 0 spiro atoms. The maximum Gasteiger partial charge on any atom is 0.187 e. The van der Waals surface area contributed by atoms with Gasteiger partial charge in [0.05, 0.1) is 5.69 Å². The van der Waals surface area contributed by atoms with Crippen LogP contribution in [0.2, 0.25) is 0 Å². The van der Waals surface area contributed by atoms with E-state index in [0.717, 1.165) is 18.3 Å². The molecule has 17 heavy (non-hydrogen) atoms. The van der Waals surface area contributed by atoms with Crippen molar-refractivity contribution in [3.8, 4) is 0 Å². The van der Waals surface area contributed by atoms with Crippen LogP contribution < -0.4 is 4.90 Å². The third-order valence-electron chi connectivity index (χ3n) is 2.61. The van der Waals surface area contributed by atoms with Crippen molar-refractivity contribution in [3.63, 3.8) is 0 Å².